The molecule has 1 aromatic carbocycles. The van der Waals surface area contributed by atoms with Gasteiger partial charge < -0.3 is 15.2 Å². The second-order valence-corrected chi connectivity index (χ2v) is 6.27. The van der Waals surface area contributed by atoms with Gasteiger partial charge in [0, 0.05) is 18.4 Å². The molecule has 26 heavy (non-hydrogen) atoms. The van der Waals surface area contributed by atoms with Crippen LogP contribution in [0.25, 0.3) is 5.69 Å². The Hall–Kier alpha value is -2.74. The first-order chi connectivity index (χ1) is 12.4. The fourth-order valence-corrected chi connectivity index (χ4v) is 3.14. The number of hydrogen-bond acceptors (Lipinski definition) is 4. The highest BCUT2D eigenvalue weighted by Gasteiger charge is 2.28. The van der Waals surface area contributed by atoms with Gasteiger partial charge in [-0.25, -0.2) is 13.9 Å². The largest absolute Gasteiger partial charge is 0.479 e. The third-order valence-corrected chi connectivity index (χ3v) is 4.48. The molecule has 1 amide bonds. The molecule has 8 heteroatoms. The van der Waals surface area contributed by atoms with Gasteiger partial charge in [0.1, 0.15) is 11.5 Å². The van der Waals surface area contributed by atoms with Crippen LogP contribution < -0.4 is 5.32 Å². The van der Waals surface area contributed by atoms with Gasteiger partial charge in [-0.15, -0.1) is 0 Å². The average molecular weight is 361 g/mol. The number of methoxy groups -OCH3 is 1. The molecule has 0 spiro atoms. The van der Waals surface area contributed by atoms with Crippen molar-refractivity contribution in [1.82, 2.24) is 15.1 Å². The summed E-state index contributed by atoms with van der Waals surface area (Å²) in [7, 11) is 1.26. The number of nitrogens with one attached hydrogen (secondary N) is 1. The van der Waals surface area contributed by atoms with Gasteiger partial charge in [-0.3, -0.25) is 4.79 Å². The SMILES string of the molecule is COC(CNC(=O)c1nn(-c2ccc(C)cc2F)c2c1CCC2)C(=O)O. The lowest BCUT2D eigenvalue weighted by atomic mass is 10.2. The van der Waals surface area contributed by atoms with Crippen molar-refractivity contribution in [1.29, 1.82) is 0 Å². The number of ether oxygens (including phenoxy) is 1. The van der Waals surface area contributed by atoms with Crippen molar-refractivity contribution in [2.45, 2.75) is 32.3 Å². The van der Waals surface area contributed by atoms with Crippen molar-refractivity contribution in [3.63, 3.8) is 0 Å². The van der Waals surface area contributed by atoms with E-state index in [9.17, 15) is 14.0 Å². The first-order valence-corrected chi connectivity index (χ1v) is 8.33. The highest BCUT2D eigenvalue weighted by Crippen LogP contribution is 2.28. The Balaban J connectivity index is 1.90. The van der Waals surface area contributed by atoms with Gasteiger partial charge in [0.05, 0.1) is 6.54 Å². The Morgan fingerprint density at radius 2 is 2.19 bits per heavy atom. The number of fused-ring (bicyclic) bond motifs is 1. The minimum atomic E-state index is -1.16. The number of rotatable bonds is 6. The lowest BCUT2D eigenvalue weighted by molar-refractivity contribution is -0.148. The van der Waals surface area contributed by atoms with Crippen LogP contribution in [0, 0.1) is 12.7 Å². The minimum Gasteiger partial charge on any atom is -0.479 e. The Morgan fingerprint density at radius 3 is 2.85 bits per heavy atom. The third kappa shape index (κ3) is 3.32. The molecule has 0 radical (unpaired) electrons. The zero-order valence-corrected chi connectivity index (χ0v) is 14.6. The first kappa shape index (κ1) is 18.1. The van der Waals surface area contributed by atoms with E-state index in [-0.39, 0.29) is 12.2 Å². The second-order valence-electron chi connectivity index (χ2n) is 6.27. The van der Waals surface area contributed by atoms with Crippen LogP contribution >= 0.6 is 0 Å². The zero-order chi connectivity index (χ0) is 18.8. The number of hydrogen-bond donors (Lipinski definition) is 2. The van der Waals surface area contributed by atoms with E-state index in [4.69, 9.17) is 9.84 Å². The number of aryl methyl sites for hydroxylation is 1. The number of amides is 1. The number of carbonyl (C=O) groups is 2. The predicted octanol–water partition coefficient (Wildman–Crippen LogP) is 1.64. The number of aliphatic carboxylic acids is 1. The van der Waals surface area contributed by atoms with E-state index in [2.05, 4.69) is 10.4 Å². The van der Waals surface area contributed by atoms with Crippen LogP contribution in [0.4, 0.5) is 4.39 Å². The third-order valence-electron chi connectivity index (χ3n) is 4.48. The molecule has 0 fully saturated rings. The maximum absolute atomic E-state index is 14.4. The van der Waals surface area contributed by atoms with E-state index < -0.39 is 23.8 Å². The van der Waals surface area contributed by atoms with E-state index in [0.717, 1.165) is 23.2 Å². The molecule has 0 saturated heterocycles. The van der Waals surface area contributed by atoms with E-state index >= 15 is 0 Å². The van der Waals surface area contributed by atoms with Gasteiger partial charge in [0.15, 0.2) is 11.8 Å². The molecule has 3 rings (SSSR count). The molecule has 1 aromatic heterocycles. The molecule has 1 atom stereocenters. The van der Waals surface area contributed by atoms with Crippen molar-refractivity contribution >= 4 is 11.9 Å². The van der Waals surface area contributed by atoms with E-state index in [1.54, 1.807) is 19.1 Å². The first-order valence-electron chi connectivity index (χ1n) is 8.33. The summed E-state index contributed by atoms with van der Waals surface area (Å²) in [6.45, 7) is 1.62. The Bertz CT molecular complexity index is 862. The molecule has 1 aliphatic carbocycles. The Kier molecular flexibility index (Phi) is 5.03. The lowest BCUT2D eigenvalue weighted by Crippen LogP contribution is -2.38. The molecule has 1 heterocycles. The van der Waals surface area contributed by atoms with E-state index in [0.29, 0.717) is 18.5 Å². The van der Waals surface area contributed by atoms with Crippen molar-refractivity contribution in [3.05, 3.63) is 46.5 Å². The second kappa shape index (κ2) is 7.25. The molecular weight excluding hydrogens is 341 g/mol. The summed E-state index contributed by atoms with van der Waals surface area (Å²) >= 11 is 0. The molecule has 2 N–H and O–H groups in total. The van der Waals surface area contributed by atoms with Crippen LogP contribution in [0.15, 0.2) is 18.2 Å². The Morgan fingerprint density at radius 1 is 1.42 bits per heavy atom. The smallest absolute Gasteiger partial charge is 0.334 e. The van der Waals surface area contributed by atoms with E-state index in [1.807, 2.05) is 0 Å². The van der Waals surface area contributed by atoms with Crippen molar-refractivity contribution in [2.24, 2.45) is 0 Å². The summed E-state index contributed by atoms with van der Waals surface area (Å²) in [5, 5.41) is 15.8. The van der Waals surface area contributed by atoms with Gasteiger partial charge in [-0.1, -0.05) is 6.07 Å². The van der Waals surface area contributed by atoms with Gasteiger partial charge in [-0.2, -0.15) is 5.10 Å². The highest BCUT2D eigenvalue weighted by atomic mass is 19.1. The predicted molar refractivity (Wildman–Crippen MR) is 91.1 cm³/mol. The minimum absolute atomic E-state index is 0.175. The maximum atomic E-state index is 14.4. The number of carboxylic acids is 1. The number of aromatic nitrogens is 2. The number of benzene rings is 1. The lowest BCUT2D eigenvalue weighted by Gasteiger charge is -2.11. The number of halogens is 1. The van der Waals surface area contributed by atoms with Crippen LogP contribution in [-0.4, -0.2) is 46.5 Å². The molecular formula is C18H20FN3O4. The van der Waals surface area contributed by atoms with Crippen molar-refractivity contribution < 1.29 is 23.8 Å². The molecule has 1 aliphatic rings. The van der Waals surface area contributed by atoms with Crippen molar-refractivity contribution in [3.8, 4) is 5.69 Å². The van der Waals surface area contributed by atoms with Crippen LogP contribution in [0.3, 0.4) is 0 Å². The standard InChI is InChI=1S/C18H20FN3O4/c1-10-6-7-14(12(19)8-10)22-13-5-3-4-11(13)16(21-22)17(23)20-9-15(26-2)18(24)25/h6-8,15H,3-5,9H2,1-2H3,(H,20,23)(H,24,25). The van der Waals surface area contributed by atoms with Crippen LogP contribution in [0.5, 0.6) is 0 Å². The molecule has 0 saturated carbocycles. The zero-order valence-electron chi connectivity index (χ0n) is 14.6. The molecule has 7 nitrogen and oxygen atoms in total. The number of carboxylic acid groups (broad SMARTS) is 1. The molecule has 138 valence electrons. The summed E-state index contributed by atoms with van der Waals surface area (Å²) in [6, 6.07) is 4.86. The molecule has 0 bridgehead atoms. The quantitative estimate of drug-likeness (QED) is 0.816. The fraction of sp³-hybridized carbons (Fsp3) is 0.389. The Labute approximate surface area is 149 Å². The maximum Gasteiger partial charge on any atom is 0.334 e. The van der Waals surface area contributed by atoms with Gasteiger partial charge in [0.25, 0.3) is 5.91 Å². The fourth-order valence-electron chi connectivity index (χ4n) is 3.14. The average Bonchev–Trinajstić information content (AvgIpc) is 3.18. The molecule has 1 unspecified atom stereocenters. The van der Waals surface area contributed by atoms with Crippen LogP contribution in [-0.2, 0) is 22.4 Å². The normalized spacial score (nSPS) is 14.1. The van der Waals surface area contributed by atoms with Crippen LogP contribution in [0.2, 0.25) is 0 Å². The monoisotopic (exact) mass is 361 g/mol. The highest BCUT2D eigenvalue weighted by molar-refractivity contribution is 5.94. The molecule has 0 aliphatic heterocycles. The summed E-state index contributed by atoms with van der Waals surface area (Å²) < 4.78 is 20.6. The van der Waals surface area contributed by atoms with Crippen LogP contribution in [0.1, 0.15) is 33.7 Å². The van der Waals surface area contributed by atoms with Gasteiger partial charge in [0.2, 0.25) is 0 Å². The van der Waals surface area contributed by atoms with E-state index in [1.165, 1.54) is 17.9 Å². The number of nitrogens with zero attached hydrogens (tertiary/aromatic N) is 2. The van der Waals surface area contributed by atoms with Crippen molar-refractivity contribution in [2.75, 3.05) is 13.7 Å². The summed E-state index contributed by atoms with van der Waals surface area (Å²) in [5.41, 5.74) is 2.91. The number of carbonyl (C=O) groups excluding carboxylic acids is 1. The summed E-state index contributed by atoms with van der Waals surface area (Å²) in [6.07, 6.45) is 1.11. The van der Waals surface area contributed by atoms with Gasteiger partial charge in [-0.05, 0) is 43.9 Å². The van der Waals surface area contributed by atoms with Gasteiger partial charge >= 0.3 is 5.97 Å². The summed E-state index contributed by atoms with van der Waals surface area (Å²) in [5.74, 6) is -2.05. The topological polar surface area (TPSA) is 93.5 Å². The molecule has 2 aromatic rings. The summed E-state index contributed by atoms with van der Waals surface area (Å²) in [4.78, 5) is 23.5.